The molecular weight excluding hydrogens is 276 g/mol. The topological polar surface area (TPSA) is 9.23 Å². The normalized spacial score (nSPS) is 11.0. The predicted molar refractivity (Wildman–Crippen MR) is 78.5 cm³/mol. The third kappa shape index (κ3) is 5.40. The Morgan fingerprint density at radius 3 is 2.76 bits per heavy atom. The number of rotatable bonds is 7. The van der Waals surface area contributed by atoms with Gasteiger partial charge in [-0.15, -0.1) is 0 Å². The van der Waals surface area contributed by atoms with Gasteiger partial charge in [0.2, 0.25) is 0 Å². The number of allylic oxidation sites excluding steroid dienone is 1. The van der Waals surface area contributed by atoms with Gasteiger partial charge in [-0.1, -0.05) is 47.8 Å². The van der Waals surface area contributed by atoms with Crippen molar-refractivity contribution in [2.45, 2.75) is 39.5 Å². The molecule has 0 amide bonds. The predicted octanol–water partition coefficient (Wildman–Crippen LogP) is 5.44. The lowest BCUT2D eigenvalue weighted by Gasteiger charge is -2.07. The Morgan fingerprint density at radius 2 is 2.06 bits per heavy atom. The van der Waals surface area contributed by atoms with Crippen LogP contribution in [0.15, 0.2) is 28.7 Å². The average Bonchev–Trinajstić information content (AvgIpc) is 2.32. The zero-order chi connectivity index (χ0) is 12.5. The van der Waals surface area contributed by atoms with E-state index in [-0.39, 0.29) is 0 Å². The van der Waals surface area contributed by atoms with Crippen molar-refractivity contribution in [3.05, 3.63) is 34.3 Å². The SMILES string of the molecule is CCCCC/C=C\c1cc(Br)ccc1OCC. The standard InChI is InChI=1S/C15H21BrO/c1-3-5-6-7-8-9-13-12-14(16)10-11-15(13)17-4-2/h8-12H,3-7H2,1-2H3/b9-8-. The molecule has 2 heteroatoms. The van der Waals surface area contributed by atoms with Crippen molar-refractivity contribution in [1.29, 1.82) is 0 Å². The number of unbranched alkanes of at least 4 members (excludes halogenated alkanes) is 3. The molecule has 1 rings (SSSR count). The van der Waals surface area contributed by atoms with Crippen LogP contribution >= 0.6 is 15.9 Å². The second kappa shape index (κ2) is 8.35. The van der Waals surface area contributed by atoms with Crippen molar-refractivity contribution >= 4 is 22.0 Å². The molecule has 0 unspecified atom stereocenters. The van der Waals surface area contributed by atoms with E-state index in [1.807, 2.05) is 19.1 Å². The second-order valence-corrected chi connectivity index (χ2v) is 4.93. The Hall–Kier alpha value is -0.760. The molecule has 0 atom stereocenters. The van der Waals surface area contributed by atoms with E-state index in [9.17, 15) is 0 Å². The van der Waals surface area contributed by atoms with Gasteiger partial charge in [0.05, 0.1) is 6.61 Å². The van der Waals surface area contributed by atoms with E-state index in [0.29, 0.717) is 6.61 Å². The fourth-order valence-corrected chi connectivity index (χ4v) is 2.04. The van der Waals surface area contributed by atoms with Crippen molar-refractivity contribution < 1.29 is 4.74 Å². The second-order valence-electron chi connectivity index (χ2n) is 4.01. The minimum Gasteiger partial charge on any atom is -0.493 e. The van der Waals surface area contributed by atoms with Crippen LogP contribution in [0.3, 0.4) is 0 Å². The molecule has 0 radical (unpaired) electrons. The first-order chi connectivity index (χ1) is 8.27. The van der Waals surface area contributed by atoms with E-state index in [4.69, 9.17) is 4.74 Å². The number of hydrogen-bond donors (Lipinski definition) is 0. The van der Waals surface area contributed by atoms with Gasteiger partial charge >= 0.3 is 0 Å². The lowest BCUT2D eigenvalue weighted by Crippen LogP contribution is -1.93. The monoisotopic (exact) mass is 296 g/mol. The minimum atomic E-state index is 0.707. The first kappa shape index (κ1) is 14.3. The Bertz CT molecular complexity index is 358. The van der Waals surface area contributed by atoms with Crippen molar-refractivity contribution in [3.63, 3.8) is 0 Å². The van der Waals surface area contributed by atoms with E-state index in [1.54, 1.807) is 0 Å². The summed E-state index contributed by atoms with van der Waals surface area (Å²) in [5, 5.41) is 0. The summed E-state index contributed by atoms with van der Waals surface area (Å²) in [6.45, 7) is 4.94. The molecule has 0 aliphatic heterocycles. The van der Waals surface area contributed by atoms with Crippen LogP contribution in [0.2, 0.25) is 0 Å². The third-order valence-corrected chi connectivity index (χ3v) is 3.04. The van der Waals surface area contributed by atoms with Crippen molar-refractivity contribution in [2.24, 2.45) is 0 Å². The molecule has 0 spiro atoms. The smallest absolute Gasteiger partial charge is 0.126 e. The van der Waals surface area contributed by atoms with Gasteiger partial charge in [-0.25, -0.2) is 0 Å². The highest BCUT2D eigenvalue weighted by Crippen LogP contribution is 2.24. The van der Waals surface area contributed by atoms with Gasteiger partial charge in [0.1, 0.15) is 5.75 Å². The van der Waals surface area contributed by atoms with Gasteiger partial charge in [-0.3, -0.25) is 0 Å². The zero-order valence-electron chi connectivity index (χ0n) is 10.7. The Balaban J connectivity index is 2.63. The minimum absolute atomic E-state index is 0.707. The highest BCUT2D eigenvalue weighted by Gasteiger charge is 2.00. The van der Waals surface area contributed by atoms with E-state index in [1.165, 1.54) is 19.3 Å². The fraction of sp³-hybridized carbons (Fsp3) is 0.467. The maximum absolute atomic E-state index is 5.60. The van der Waals surface area contributed by atoms with Crippen LogP contribution in [0, 0.1) is 0 Å². The van der Waals surface area contributed by atoms with Gasteiger partial charge in [-0.05, 0) is 38.0 Å². The third-order valence-electron chi connectivity index (χ3n) is 2.54. The maximum Gasteiger partial charge on any atom is 0.126 e. The molecular formula is C15H21BrO. The molecule has 0 saturated carbocycles. The summed E-state index contributed by atoms with van der Waals surface area (Å²) in [4.78, 5) is 0. The van der Waals surface area contributed by atoms with Crippen LogP contribution in [-0.2, 0) is 0 Å². The van der Waals surface area contributed by atoms with Crippen LogP contribution in [-0.4, -0.2) is 6.61 Å². The maximum atomic E-state index is 5.60. The summed E-state index contributed by atoms with van der Waals surface area (Å²) in [6, 6.07) is 6.13. The molecule has 0 heterocycles. The van der Waals surface area contributed by atoms with Crippen molar-refractivity contribution in [1.82, 2.24) is 0 Å². The Labute approximate surface area is 113 Å². The fourth-order valence-electron chi connectivity index (χ4n) is 1.66. The number of hydrogen-bond acceptors (Lipinski definition) is 1. The van der Waals surface area contributed by atoms with E-state index in [0.717, 1.165) is 22.2 Å². The quantitative estimate of drug-likeness (QED) is 0.609. The first-order valence-corrected chi connectivity index (χ1v) is 7.16. The lowest BCUT2D eigenvalue weighted by molar-refractivity contribution is 0.339. The molecule has 1 nitrogen and oxygen atoms in total. The molecule has 94 valence electrons. The molecule has 0 aliphatic carbocycles. The number of benzene rings is 1. The van der Waals surface area contributed by atoms with Gasteiger partial charge in [0, 0.05) is 10.0 Å². The Kier molecular flexibility index (Phi) is 7.02. The zero-order valence-corrected chi connectivity index (χ0v) is 12.3. The van der Waals surface area contributed by atoms with Crippen molar-refractivity contribution in [2.75, 3.05) is 6.61 Å². The van der Waals surface area contributed by atoms with Crippen LogP contribution in [0.1, 0.15) is 45.1 Å². The molecule has 1 aromatic rings. The van der Waals surface area contributed by atoms with Gasteiger partial charge in [0.15, 0.2) is 0 Å². The first-order valence-electron chi connectivity index (χ1n) is 6.36. The molecule has 1 aromatic carbocycles. The lowest BCUT2D eigenvalue weighted by atomic mass is 10.1. The van der Waals surface area contributed by atoms with Gasteiger partial charge < -0.3 is 4.74 Å². The Morgan fingerprint density at radius 1 is 1.24 bits per heavy atom. The summed E-state index contributed by atoms with van der Waals surface area (Å²) in [5.41, 5.74) is 1.15. The number of ether oxygens (including phenoxy) is 1. The summed E-state index contributed by atoms with van der Waals surface area (Å²) in [5.74, 6) is 0.961. The highest BCUT2D eigenvalue weighted by molar-refractivity contribution is 9.10. The summed E-state index contributed by atoms with van der Waals surface area (Å²) < 4.78 is 6.69. The average molecular weight is 297 g/mol. The molecule has 0 aromatic heterocycles. The molecule has 0 bridgehead atoms. The largest absolute Gasteiger partial charge is 0.493 e. The highest BCUT2D eigenvalue weighted by atomic mass is 79.9. The summed E-state index contributed by atoms with van der Waals surface area (Å²) in [7, 11) is 0. The summed E-state index contributed by atoms with van der Waals surface area (Å²) in [6.07, 6.45) is 9.39. The van der Waals surface area contributed by atoms with Crippen LogP contribution in [0.4, 0.5) is 0 Å². The van der Waals surface area contributed by atoms with E-state index >= 15 is 0 Å². The summed E-state index contributed by atoms with van der Waals surface area (Å²) >= 11 is 3.49. The molecule has 0 fully saturated rings. The van der Waals surface area contributed by atoms with E-state index in [2.05, 4.69) is 41.1 Å². The van der Waals surface area contributed by atoms with Crippen molar-refractivity contribution in [3.8, 4) is 5.75 Å². The van der Waals surface area contributed by atoms with Gasteiger partial charge in [-0.2, -0.15) is 0 Å². The van der Waals surface area contributed by atoms with Crippen LogP contribution in [0.25, 0.3) is 6.08 Å². The van der Waals surface area contributed by atoms with Gasteiger partial charge in [0.25, 0.3) is 0 Å². The molecule has 17 heavy (non-hydrogen) atoms. The van der Waals surface area contributed by atoms with Crippen LogP contribution in [0.5, 0.6) is 5.75 Å². The number of halogens is 1. The van der Waals surface area contributed by atoms with Crippen LogP contribution < -0.4 is 4.74 Å². The molecule has 0 N–H and O–H groups in total. The van der Waals surface area contributed by atoms with E-state index < -0.39 is 0 Å². The molecule has 0 aliphatic rings. The molecule has 0 saturated heterocycles.